The highest BCUT2D eigenvalue weighted by atomic mass is 35.5. The highest BCUT2D eigenvalue weighted by molar-refractivity contribution is 8.01. The maximum absolute atomic E-state index is 14.1. The lowest BCUT2D eigenvalue weighted by Crippen LogP contribution is -2.24. The van der Waals surface area contributed by atoms with Gasteiger partial charge in [-0.05, 0) is 45.2 Å². The summed E-state index contributed by atoms with van der Waals surface area (Å²) in [4.78, 5) is 25.6. The van der Waals surface area contributed by atoms with Crippen LogP contribution in [0.25, 0.3) is 16.6 Å². The van der Waals surface area contributed by atoms with Crippen LogP contribution in [0.15, 0.2) is 28.0 Å². The molecule has 2 aromatic rings. The normalized spacial score (nSPS) is 21.3. The summed E-state index contributed by atoms with van der Waals surface area (Å²) in [7, 11) is 0. The minimum absolute atomic E-state index is 0.0254. The van der Waals surface area contributed by atoms with E-state index in [9.17, 15) is 14.0 Å². The fourth-order valence-electron chi connectivity index (χ4n) is 3.74. The Balaban J connectivity index is 2.15. The van der Waals surface area contributed by atoms with Crippen molar-refractivity contribution < 1.29 is 13.9 Å². The van der Waals surface area contributed by atoms with E-state index in [0.29, 0.717) is 10.5 Å². The molecule has 136 valence electrons. The van der Waals surface area contributed by atoms with Crippen LogP contribution in [0, 0.1) is 5.82 Å². The SMILES string of the molecule is CCOC(=O)c1c2n(c3cc(Cl)c(F)cc3c1=O)C1=CCCCC1(C)S2. The van der Waals surface area contributed by atoms with Crippen LogP contribution in [0.3, 0.4) is 0 Å². The highest BCUT2D eigenvalue weighted by Gasteiger charge is 2.43. The van der Waals surface area contributed by atoms with Gasteiger partial charge < -0.3 is 9.30 Å². The fraction of sp³-hybridized carbons (Fsp3) is 0.368. The molecular weight excluding hydrogens is 377 g/mol. The minimum atomic E-state index is -0.683. The molecule has 26 heavy (non-hydrogen) atoms. The summed E-state index contributed by atoms with van der Waals surface area (Å²) >= 11 is 7.49. The molecule has 7 heteroatoms. The van der Waals surface area contributed by atoms with E-state index in [1.807, 2.05) is 4.57 Å². The summed E-state index contributed by atoms with van der Waals surface area (Å²) in [6, 6.07) is 2.58. The molecule has 2 aliphatic rings. The first-order valence-corrected chi connectivity index (χ1v) is 9.71. The second-order valence-electron chi connectivity index (χ2n) is 6.66. The van der Waals surface area contributed by atoms with Gasteiger partial charge >= 0.3 is 5.97 Å². The van der Waals surface area contributed by atoms with Crippen molar-refractivity contribution in [1.29, 1.82) is 0 Å². The molecule has 1 atom stereocenters. The molecule has 1 aromatic carbocycles. The number of benzene rings is 1. The summed E-state index contributed by atoms with van der Waals surface area (Å²) in [5, 5.41) is 0.639. The van der Waals surface area contributed by atoms with Gasteiger partial charge in [-0.1, -0.05) is 29.4 Å². The van der Waals surface area contributed by atoms with Gasteiger partial charge in [0, 0.05) is 11.1 Å². The van der Waals surface area contributed by atoms with Crippen molar-refractivity contribution in [3.63, 3.8) is 0 Å². The first-order valence-electron chi connectivity index (χ1n) is 8.52. The zero-order valence-electron chi connectivity index (χ0n) is 14.4. The standard InChI is InChI=1S/C19H17ClFNO3S/c1-3-25-18(24)15-16(23)10-8-12(21)11(20)9-13(10)22-14-6-4-5-7-19(14,2)26-17(15)22/h6,8-9H,3-5,7H2,1-2H3. The van der Waals surface area contributed by atoms with E-state index in [2.05, 4.69) is 13.0 Å². The molecule has 4 rings (SSSR count). The summed E-state index contributed by atoms with van der Waals surface area (Å²) < 4.78 is 20.8. The molecule has 1 aromatic heterocycles. The van der Waals surface area contributed by atoms with E-state index in [-0.39, 0.29) is 27.3 Å². The van der Waals surface area contributed by atoms with E-state index < -0.39 is 17.2 Å². The van der Waals surface area contributed by atoms with Gasteiger partial charge in [0.15, 0.2) is 0 Å². The van der Waals surface area contributed by atoms with E-state index in [1.165, 1.54) is 17.8 Å². The van der Waals surface area contributed by atoms with Crippen LogP contribution in [0.5, 0.6) is 0 Å². The molecule has 2 heterocycles. The number of rotatable bonds is 2. The van der Waals surface area contributed by atoms with E-state index in [1.54, 1.807) is 6.92 Å². The lowest BCUT2D eigenvalue weighted by atomic mass is 9.92. The van der Waals surface area contributed by atoms with Gasteiger partial charge in [0.05, 0.1) is 26.9 Å². The number of nitrogens with zero attached hydrogens (tertiary/aromatic N) is 1. The minimum Gasteiger partial charge on any atom is -0.462 e. The van der Waals surface area contributed by atoms with Crippen LogP contribution in [-0.4, -0.2) is 21.9 Å². The Morgan fingerprint density at radius 1 is 1.46 bits per heavy atom. The molecule has 0 saturated heterocycles. The molecule has 0 bridgehead atoms. The molecule has 0 saturated carbocycles. The number of hydrogen-bond donors (Lipinski definition) is 0. The number of pyridine rings is 1. The van der Waals surface area contributed by atoms with Gasteiger partial charge in [0.25, 0.3) is 0 Å². The third-order valence-corrected chi connectivity index (χ3v) is 6.68. The van der Waals surface area contributed by atoms with Crippen molar-refractivity contribution in [2.75, 3.05) is 6.61 Å². The predicted octanol–water partition coefficient (Wildman–Crippen LogP) is 4.86. The second-order valence-corrected chi connectivity index (χ2v) is 8.56. The van der Waals surface area contributed by atoms with Crippen LogP contribution < -0.4 is 5.43 Å². The van der Waals surface area contributed by atoms with Crippen molar-refractivity contribution >= 4 is 45.9 Å². The van der Waals surface area contributed by atoms with Crippen molar-refractivity contribution in [3.05, 3.63) is 44.8 Å². The number of allylic oxidation sites excluding steroid dienone is 1. The van der Waals surface area contributed by atoms with E-state index >= 15 is 0 Å². The summed E-state index contributed by atoms with van der Waals surface area (Å²) in [6.45, 7) is 3.95. The molecule has 0 amide bonds. The Hall–Kier alpha value is -1.79. The molecular formula is C19H17ClFNO3S. The Labute approximate surface area is 159 Å². The van der Waals surface area contributed by atoms with Gasteiger partial charge in [-0.2, -0.15) is 0 Å². The molecule has 0 radical (unpaired) electrons. The van der Waals surface area contributed by atoms with Gasteiger partial charge in [0.2, 0.25) is 5.43 Å². The third-order valence-electron chi connectivity index (χ3n) is 4.95. The second kappa shape index (κ2) is 6.13. The number of carbonyl (C=O) groups excluding carboxylic acids is 1. The maximum atomic E-state index is 14.1. The Bertz CT molecular complexity index is 1050. The Morgan fingerprint density at radius 3 is 2.96 bits per heavy atom. The van der Waals surface area contributed by atoms with E-state index in [4.69, 9.17) is 16.3 Å². The molecule has 0 N–H and O–H groups in total. The topological polar surface area (TPSA) is 48.3 Å². The van der Waals surface area contributed by atoms with Crippen LogP contribution in [-0.2, 0) is 4.74 Å². The lowest BCUT2D eigenvalue weighted by Gasteiger charge is -2.28. The van der Waals surface area contributed by atoms with E-state index in [0.717, 1.165) is 31.0 Å². The molecule has 1 aliphatic heterocycles. The number of fused-ring (bicyclic) bond motifs is 5. The molecule has 4 nitrogen and oxygen atoms in total. The van der Waals surface area contributed by atoms with Crippen molar-refractivity contribution in [2.45, 2.75) is 42.9 Å². The summed E-state index contributed by atoms with van der Waals surface area (Å²) in [6.07, 6.45) is 5.01. The average molecular weight is 394 g/mol. The number of carbonyl (C=O) groups is 1. The number of ether oxygens (including phenoxy) is 1. The first kappa shape index (κ1) is 17.6. The number of aromatic nitrogens is 1. The van der Waals surface area contributed by atoms with Gasteiger partial charge in [0.1, 0.15) is 11.4 Å². The largest absolute Gasteiger partial charge is 0.462 e. The van der Waals surface area contributed by atoms with Gasteiger partial charge in [-0.15, -0.1) is 0 Å². The fourth-order valence-corrected chi connectivity index (χ4v) is 5.42. The van der Waals surface area contributed by atoms with Crippen LogP contribution in [0.1, 0.15) is 43.5 Å². The first-order chi connectivity index (χ1) is 12.4. The third kappa shape index (κ3) is 2.42. The predicted molar refractivity (Wildman–Crippen MR) is 102 cm³/mol. The summed E-state index contributed by atoms with van der Waals surface area (Å²) in [5.74, 6) is -1.36. The van der Waals surface area contributed by atoms with Crippen LogP contribution in [0.2, 0.25) is 5.02 Å². The highest BCUT2D eigenvalue weighted by Crippen LogP contribution is 2.54. The lowest BCUT2D eigenvalue weighted by molar-refractivity contribution is 0.0519. The quantitative estimate of drug-likeness (QED) is 0.683. The maximum Gasteiger partial charge on any atom is 0.344 e. The van der Waals surface area contributed by atoms with Crippen molar-refractivity contribution in [1.82, 2.24) is 4.57 Å². The number of halogens is 2. The average Bonchev–Trinajstić information content (AvgIpc) is 2.89. The summed E-state index contributed by atoms with van der Waals surface area (Å²) in [5.41, 5.74) is 0.994. The Kier molecular flexibility index (Phi) is 4.15. The number of thioether (sulfide) groups is 1. The van der Waals surface area contributed by atoms with Crippen molar-refractivity contribution in [2.24, 2.45) is 0 Å². The van der Waals surface area contributed by atoms with Crippen LogP contribution in [0.4, 0.5) is 4.39 Å². The molecule has 0 fully saturated rings. The molecule has 1 aliphatic carbocycles. The monoisotopic (exact) mass is 393 g/mol. The van der Waals surface area contributed by atoms with Crippen LogP contribution >= 0.6 is 23.4 Å². The number of hydrogen-bond acceptors (Lipinski definition) is 4. The number of esters is 1. The zero-order chi connectivity index (χ0) is 18.6. The van der Waals surface area contributed by atoms with Crippen molar-refractivity contribution in [3.8, 4) is 0 Å². The Morgan fingerprint density at radius 2 is 2.23 bits per heavy atom. The zero-order valence-corrected chi connectivity index (χ0v) is 16.0. The smallest absolute Gasteiger partial charge is 0.344 e. The van der Waals surface area contributed by atoms with Gasteiger partial charge in [-0.3, -0.25) is 4.79 Å². The van der Waals surface area contributed by atoms with Gasteiger partial charge in [-0.25, -0.2) is 9.18 Å². The molecule has 1 unspecified atom stereocenters. The molecule has 0 spiro atoms.